The molecule has 2 N–H and O–H groups in total. The van der Waals surface area contributed by atoms with Gasteiger partial charge >= 0.3 is 0 Å². The molecule has 1 aromatic rings. The Balaban J connectivity index is 1.69. The van der Waals surface area contributed by atoms with Crippen LogP contribution in [0.4, 0.5) is 5.82 Å². The van der Waals surface area contributed by atoms with Crippen LogP contribution in [0.25, 0.3) is 0 Å². The predicted molar refractivity (Wildman–Crippen MR) is 51.8 cm³/mol. The first kappa shape index (κ1) is 7.42. The van der Waals surface area contributed by atoms with Gasteiger partial charge < -0.3 is 5.32 Å². The molecule has 0 atom stereocenters. The van der Waals surface area contributed by atoms with E-state index in [2.05, 4.69) is 21.6 Å². The van der Waals surface area contributed by atoms with Crippen LogP contribution in [0.1, 0.15) is 43.7 Å². The van der Waals surface area contributed by atoms with Gasteiger partial charge in [-0.15, -0.1) is 0 Å². The van der Waals surface area contributed by atoms with Crippen molar-refractivity contribution in [3.63, 3.8) is 0 Å². The third-order valence-electron chi connectivity index (χ3n) is 3.07. The minimum absolute atomic E-state index is 0.706. The van der Waals surface area contributed by atoms with Crippen molar-refractivity contribution in [2.45, 2.75) is 44.1 Å². The highest BCUT2D eigenvalue weighted by Gasteiger charge is 2.24. The Morgan fingerprint density at radius 1 is 1.31 bits per heavy atom. The molecule has 1 heterocycles. The maximum absolute atomic E-state index is 4.26. The summed E-state index contributed by atoms with van der Waals surface area (Å²) in [6.07, 6.45) is 6.68. The minimum Gasteiger partial charge on any atom is -0.366 e. The summed E-state index contributed by atoms with van der Waals surface area (Å²) >= 11 is 0. The molecule has 0 spiro atoms. The molecule has 3 heteroatoms. The van der Waals surface area contributed by atoms with Crippen LogP contribution in [0.5, 0.6) is 0 Å². The van der Waals surface area contributed by atoms with Crippen LogP contribution < -0.4 is 5.32 Å². The quantitative estimate of drug-likeness (QED) is 0.743. The number of nitrogens with zero attached hydrogens (tertiary/aromatic N) is 1. The Labute approximate surface area is 77.9 Å². The second-order valence-electron chi connectivity index (χ2n) is 4.25. The molecular formula is C10H15N3. The Hall–Kier alpha value is -0.990. The van der Waals surface area contributed by atoms with Gasteiger partial charge in [-0.3, -0.25) is 5.10 Å². The van der Waals surface area contributed by atoms with Crippen molar-refractivity contribution >= 4 is 5.82 Å². The first-order chi connectivity index (χ1) is 6.42. The van der Waals surface area contributed by atoms with Crippen LogP contribution in [0.3, 0.4) is 0 Å². The average molecular weight is 177 g/mol. The van der Waals surface area contributed by atoms with Crippen molar-refractivity contribution < 1.29 is 0 Å². The molecular weight excluding hydrogens is 162 g/mol. The van der Waals surface area contributed by atoms with Crippen LogP contribution in [0.2, 0.25) is 0 Å². The SMILES string of the molecule is c1c(NC2CC2)n[nH]c1C1CCC1. The fraction of sp³-hybridized carbons (Fsp3) is 0.700. The van der Waals surface area contributed by atoms with E-state index in [4.69, 9.17) is 0 Å². The monoisotopic (exact) mass is 177 g/mol. The van der Waals surface area contributed by atoms with E-state index in [1.54, 1.807) is 0 Å². The summed E-state index contributed by atoms with van der Waals surface area (Å²) in [5.74, 6) is 1.81. The second-order valence-corrected chi connectivity index (χ2v) is 4.25. The number of anilines is 1. The molecule has 0 bridgehead atoms. The molecule has 3 nitrogen and oxygen atoms in total. The zero-order valence-electron chi connectivity index (χ0n) is 7.71. The molecule has 0 radical (unpaired) electrons. The molecule has 0 unspecified atom stereocenters. The van der Waals surface area contributed by atoms with Crippen molar-refractivity contribution in [1.82, 2.24) is 10.2 Å². The number of hydrogen-bond acceptors (Lipinski definition) is 2. The number of hydrogen-bond donors (Lipinski definition) is 2. The lowest BCUT2D eigenvalue weighted by atomic mass is 9.83. The zero-order chi connectivity index (χ0) is 8.67. The van der Waals surface area contributed by atoms with Gasteiger partial charge in [0, 0.05) is 23.7 Å². The van der Waals surface area contributed by atoms with Crippen LogP contribution in [-0.4, -0.2) is 16.2 Å². The van der Waals surface area contributed by atoms with Crippen molar-refractivity contribution in [3.05, 3.63) is 11.8 Å². The van der Waals surface area contributed by atoms with E-state index in [0.29, 0.717) is 6.04 Å². The fourth-order valence-electron chi connectivity index (χ4n) is 1.78. The third kappa shape index (κ3) is 1.43. The summed E-state index contributed by atoms with van der Waals surface area (Å²) in [7, 11) is 0. The van der Waals surface area contributed by atoms with Crippen LogP contribution >= 0.6 is 0 Å². The van der Waals surface area contributed by atoms with E-state index in [9.17, 15) is 0 Å². The Kier molecular flexibility index (Phi) is 1.57. The first-order valence-electron chi connectivity index (χ1n) is 5.23. The van der Waals surface area contributed by atoms with Gasteiger partial charge in [0.05, 0.1) is 0 Å². The lowest BCUT2D eigenvalue weighted by Crippen LogP contribution is -2.08. The van der Waals surface area contributed by atoms with E-state index in [0.717, 1.165) is 11.7 Å². The van der Waals surface area contributed by atoms with E-state index in [1.807, 2.05) is 0 Å². The van der Waals surface area contributed by atoms with Gasteiger partial charge in [-0.2, -0.15) is 5.10 Å². The summed E-state index contributed by atoms with van der Waals surface area (Å²) in [5.41, 5.74) is 1.33. The third-order valence-corrected chi connectivity index (χ3v) is 3.07. The lowest BCUT2D eigenvalue weighted by Gasteiger charge is -2.23. The number of aromatic nitrogens is 2. The number of rotatable bonds is 3. The van der Waals surface area contributed by atoms with Crippen molar-refractivity contribution in [3.8, 4) is 0 Å². The van der Waals surface area contributed by atoms with Crippen LogP contribution in [-0.2, 0) is 0 Å². The Morgan fingerprint density at radius 2 is 2.15 bits per heavy atom. The van der Waals surface area contributed by atoms with E-state index in [1.165, 1.54) is 37.8 Å². The van der Waals surface area contributed by atoms with E-state index >= 15 is 0 Å². The number of nitrogens with one attached hydrogen (secondary N) is 2. The topological polar surface area (TPSA) is 40.7 Å². The van der Waals surface area contributed by atoms with Gasteiger partial charge in [0.25, 0.3) is 0 Å². The molecule has 70 valence electrons. The molecule has 0 saturated heterocycles. The average Bonchev–Trinajstić information content (AvgIpc) is 2.69. The summed E-state index contributed by atoms with van der Waals surface area (Å²) in [5, 5.41) is 10.8. The lowest BCUT2D eigenvalue weighted by molar-refractivity contribution is 0.410. The highest BCUT2D eigenvalue weighted by atomic mass is 15.2. The van der Waals surface area contributed by atoms with Gasteiger partial charge in [-0.25, -0.2) is 0 Å². The minimum atomic E-state index is 0.706. The van der Waals surface area contributed by atoms with Gasteiger partial charge in [0.2, 0.25) is 0 Å². The molecule has 2 aliphatic rings. The molecule has 13 heavy (non-hydrogen) atoms. The van der Waals surface area contributed by atoms with Gasteiger partial charge in [-0.05, 0) is 25.7 Å². The molecule has 2 saturated carbocycles. The van der Waals surface area contributed by atoms with Gasteiger partial charge in [0.1, 0.15) is 5.82 Å². The fourth-order valence-corrected chi connectivity index (χ4v) is 1.78. The number of H-pyrrole nitrogens is 1. The van der Waals surface area contributed by atoms with Gasteiger partial charge in [0.15, 0.2) is 0 Å². The second kappa shape index (κ2) is 2.76. The molecule has 2 aliphatic carbocycles. The van der Waals surface area contributed by atoms with Gasteiger partial charge in [-0.1, -0.05) is 6.42 Å². The largest absolute Gasteiger partial charge is 0.366 e. The highest BCUT2D eigenvalue weighted by molar-refractivity contribution is 5.39. The molecule has 0 amide bonds. The normalized spacial score (nSPS) is 22.8. The van der Waals surface area contributed by atoms with Crippen molar-refractivity contribution in [2.75, 3.05) is 5.32 Å². The standard InChI is InChI=1S/C10H15N3/c1-2-7(3-1)9-6-10(13-12-9)11-8-4-5-8/h6-8H,1-5H2,(H2,11,12,13). The van der Waals surface area contributed by atoms with Crippen LogP contribution in [0, 0.1) is 0 Å². The molecule has 3 rings (SSSR count). The van der Waals surface area contributed by atoms with Crippen molar-refractivity contribution in [1.29, 1.82) is 0 Å². The van der Waals surface area contributed by atoms with E-state index in [-0.39, 0.29) is 0 Å². The molecule has 0 aromatic carbocycles. The maximum atomic E-state index is 4.26. The summed E-state index contributed by atoms with van der Waals surface area (Å²) in [6, 6.07) is 2.89. The Morgan fingerprint density at radius 3 is 2.77 bits per heavy atom. The summed E-state index contributed by atoms with van der Waals surface area (Å²) in [4.78, 5) is 0. The molecule has 0 aliphatic heterocycles. The summed E-state index contributed by atoms with van der Waals surface area (Å²) in [6.45, 7) is 0. The maximum Gasteiger partial charge on any atom is 0.148 e. The van der Waals surface area contributed by atoms with E-state index < -0.39 is 0 Å². The zero-order valence-corrected chi connectivity index (χ0v) is 7.71. The molecule has 2 fully saturated rings. The summed E-state index contributed by atoms with van der Waals surface area (Å²) < 4.78 is 0. The van der Waals surface area contributed by atoms with Crippen molar-refractivity contribution in [2.24, 2.45) is 0 Å². The Bertz CT molecular complexity index is 297. The smallest absolute Gasteiger partial charge is 0.148 e. The number of aromatic amines is 1. The first-order valence-corrected chi connectivity index (χ1v) is 5.23. The predicted octanol–water partition coefficient (Wildman–Crippen LogP) is 2.25. The highest BCUT2D eigenvalue weighted by Crippen LogP contribution is 2.36. The molecule has 1 aromatic heterocycles. The van der Waals surface area contributed by atoms with Crippen LogP contribution in [0.15, 0.2) is 6.07 Å².